The molecule has 0 aromatic rings. The Balaban J connectivity index is 4.69. The van der Waals surface area contributed by atoms with Gasteiger partial charge in [0.25, 0.3) is 0 Å². The van der Waals surface area contributed by atoms with Gasteiger partial charge in [-0.2, -0.15) is 30.4 Å². The highest BCUT2D eigenvalue weighted by Gasteiger charge is 2.57. The van der Waals surface area contributed by atoms with E-state index in [1.54, 1.807) is 0 Å². The molecule has 0 aromatic carbocycles. The van der Waals surface area contributed by atoms with Crippen molar-refractivity contribution in [2.45, 2.75) is 19.0 Å². The van der Waals surface area contributed by atoms with Crippen molar-refractivity contribution in [3.8, 4) is 0 Å². The van der Waals surface area contributed by atoms with Crippen LogP contribution in [0, 0.1) is 5.41 Å². The lowest BCUT2D eigenvalue weighted by atomic mass is 9.94. The minimum Gasteiger partial charge on any atom is -0.374 e. The second-order valence-electron chi connectivity index (χ2n) is 4.67. The van der Waals surface area contributed by atoms with Gasteiger partial charge >= 0.3 is 22.5 Å². The van der Waals surface area contributed by atoms with Gasteiger partial charge in [-0.1, -0.05) is 12.0 Å². The van der Waals surface area contributed by atoms with E-state index >= 15 is 0 Å². The highest BCUT2D eigenvalue weighted by Crippen LogP contribution is 2.36. The molecule has 24 heavy (non-hydrogen) atoms. The summed E-state index contributed by atoms with van der Waals surface area (Å²) in [5.41, 5.74) is -1.59. The molecule has 146 valence electrons. The van der Waals surface area contributed by atoms with Crippen LogP contribution in [0.5, 0.6) is 0 Å². The minimum atomic E-state index is -5.83. The lowest BCUT2D eigenvalue weighted by molar-refractivity contribution is -0.434. The lowest BCUT2D eigenvalue weighted by Crippen LogP contribution is -2.43. The first-order valence-electron chi connectivity index (χ1n) is 5.63. The van der Waals surface area contributed by atoms with Crippen LogP contribution in [-0.4, -0.2) is 56.8 Å². The monoisotopic (exact) mass is 412 g/mol. The maximum atomic E-state index is 12.7. The van der Waals surface area contributed by atoms with Crippen molar-refractivity contribution in [3.05, 3.63) is 0 Å². The van der Waals surface area contributed by atoms with Crippen LogP contribution in [0.15, 0.2) is 0 Å². The average Bonchev–Trinajstić information content (AvgIpc) is 2.39. The third-order valence-corrected chi connectivity index (χ3v) is 2.96. The highest BCUT2D eigenvalue weighted by molar-refractivity contribution is 7.89. The van der Waals surface area contributed by atoms with Crippen LogP contribution in [0.1, 0.15) is 6.92 Å². The van der Waals surface area contributed by atoms with Crippen molar-refractivity contribution in [2.75, 3.05) is 26.4 Å². The summed E-state index contributed by atoms with van der Waals surface area (Å²) in [6.45, 7) is -3.22. The molecule has 0 aliphatic rings. The zero-order valence-electron chi connectivity index (χ0n) is 11.8. The molecule has 0 aromatic heterocycles. The number of halogens is 5. The second kappa shape index (κ2) is 9.39. The fourth-order valence-corrected chi connectivity index (χ4v) is 1.88. The van der Waals surface area contributed by atoms with Gasteiger partial charge in [-0.25, -0.2) is 9.44 Å². The molecule has 1 unspecified atom stereocenters. The molecule has 9 nitrogen and oxygen atoms in total. The van der Waals surface area contributed by atoms with Crippen molar-refractivity contribution in [3.63, 3.8) is 0 Å². The third kappa shape index (κ3) is 9.84. The van der Waals surface area contributed by atoms with Crippen LogP contribution in [0.3, 0.4) is 0 Å². The van der Waals surface area contributed by atoms with Crippen LogP contribution in [0.25, 0.3) is 0 Å². The summed E-state index contributed by atoms with van der Waals surface area (Å²) in [7, 11) is -4.91. The number of alkyl halides is 5. The molecule has 0 fully saturated rings. The molecule has 0 spiro atoms. The molecule has 0 rings (SSSR count). The van der Waals surface area contributed by atoms with E-state index in [4.69, 9.17) is 9.81 Å². The van der Waals surface area contributed by atoms with Crippen LogP contribution in [-0.2, 0) is 32.9 Å². The summed E-state index contributed by atoms with van der Waals surface area (Å²) in [5.74, 6) is -5.12. The largest absolute Gasteiger partial charge is 0.455 e. The molecule has 0 heterocycles. The SMILES string of the molecule is CC(COCC(F)(F)C(F)(F)F)(COSOOO)COS(=O)(=O)O. The fourth-order valence-electron chi connectivity index (χ4n) is 1.05. The molecular weight excluding hydrogens is 399 g/mol. The van der Waals surface area contributed by atoms with E-state index < -0.39 is 54.3 Å². The van der Waals surface area contributed by atoms with Crippen LogP contribution in [0.2, 0.25) is 0 Å². The molecule has 0 amide bonds. The van der Waals surface area contributed by atoms with Crippen molar-refractivity contribution in [2.24, 2.45) is 5.41 Å². The Bertz CT molecular complexity index is 471. The Morgan fingerprint density at radius 3 is 2.08 bits per heavy atom. The Morgan fingerprint density at radius 1 is 1.04 bits per heavy atom. The summed E-state index contributed by atoms with van der Waals surface area (Å²) in [5, 5.41) is 11.0. The van der Waals surface area contributed by atoms with Crippen molar-refractivity contribution >= 4 is 22.7 Å². The van der Waals surface area contributed by atoms with E-state index in [0.29, 0.717) is 0 Å². The molecular formula is C8H13F5O9S2. The Hall–Kier alpha value is -0.330. The number of hydrogen-bond donors (Lipinski definition) is 2. The van der Waals surface area contributed by atoms with E-state index in [1.807, 2.05) is 0 Å². The van der Waals surface area contributed by atoms with Crippen LogP contribution in [0.4, 0.5) is 22.0 Å². The standard InChI is InChI=1S/C8H13F5O9S2/c1-6(3-19-23-22-21-14,4-20-24(15,16)17)2-18-5-7(9,10)8(11,12)13/h14H,2-5H2,1H3,(H,15,16,17). The smallest absolute Gasteiger partial charge is 0.374 e. The molecule has 0 saturated carbocycles. The average molecular weight is 412 g/mol. The van der Waals surface area contributed by atoms with E-state index in [9.17, 15) is 30.4 Å². The maximum absolute atomic E-state index is 12.7. The molecule has 0 radical (unpaired) electrons. The number of hydrogen-bond acceptors (Lipinski definition) is 9. The van der Waals surface area contributed by atoms with Gasteiger partial charge in [0.15, 0.2) is 12.3 Å². The zero-order chi connectivity index (χ0) is 19.1. The van der Waals surface area contributed by atoms with Gasteiger partial charge in [0.05, 0.1) is 19.8 Å². The van der Waals surface area contributed by atoms with E-state index in [0.717, 1.165) is 6.92 Å². The Labute approximate surface area is 137 Å². The van der Waals surface area contributed by atoms with E-state index in [-0.39, 0.29) is 12.3 Å². The summed E-state index contributed by atoms with van der Waals surface area (Å²) >= 11 is 0.0333. The third-order valence-electron chi connectivity index (χ3n) is 2.22. The van der Waals surface area contributed by atoms with Gasteiger partial charge in [0.1, 0.15) is 6.61 Å². The second-order valence-corrected chi connectivity index (χ2v) is 6.27. The van der Waals surface area contributed by atoms with Crippen LogP contribution < -0.4 is 0 Å². The highest BCUT2D eigenvalue weighted by atomic mass is 32.3. The first kappa shape index (κ1) is 23.7. The van der Waals surface area contributed by atoms with Crippen molar-refractivity contribution < 1.29 is 62.7 Å². The quantitative estimate of drug-likeness (QED) is 0.123. The number of ether oxygens (including phenoxy) is 1. The fraction of sp³-hybridized carbons (Fsp3) is 1.00. The van der Waals surface area contributed by atoms with Gasteiger partial charge in [-0.3, -0.25) is 8.74 Å². The molecule has 0 saturated heterocycles. The van der Waals surface area contributed by atoms with E-state index in [2.05, 4.69) is 22.5 Å². The van der Waals surface area contributed by atoms with Crippen molar-refractivity contribution in [1.82, 2.24) is 0 Å². The Morgan fingerprint density at radius 2 is 1.62 bits per heavy atom. The van der Waals surface area contributed by atoms with Gasteiger partial charge in [0, 0.05) is 5.41 Å². The minimum absolute atomic E-state index is 0.0333. The predicted octanol–water partition coefficient (Wildman–Crippen LogP) is 2.03. The Kier molecular flexibility index (Phi) is 9.26. The lowest BCUT2D eigenvalue weighted by Gasteiger charge is -2.28. The molecule has 0 bridgehead atoms. The summed E-state index contributed by atoms with van der Waals surface area (Å²) in [4.78, 5) is 0. The van der Waals surface area contributed by atoms with E-state index in [1.165, 1.54) is 0 Å². The molecule has 2 N–H and O–H groups in total. The van der Waals surface area contributed by atoms with Gasteiger partial charge in [-0.15, -0.1) is 4.33 Å². The van der Waals surface area contributed by atoms with Gasteiger partial charge < -0.3 is 4.74 Å². The summed E-state index contributed by atoms with van der Waals surface area (Å²) in [6, 6.07) is 0. The summed E-state index contributed by atoms with van der Waals surface area (Å²) in [6.07, 6.45) is -5.83. The molecule has 0 aliphatic heterocycles. The number of rotatable bonds is 12. The van der Waals surface area contributed by atoms with Gasteiger partial charge in [0.2, 0.25) is 0 Å². The summed E-state index contributed by atoms with van der Waals surface area (Å²) < 4.78 is 108. The first-order valence-corrected chi connectivity index (χ1v) is 7.66. The zero-order valence-corrected chi connectivity index (χ0v) is 13.4. The van der Waals surface area contributed by atoms with Crippen LogP contribution >= 0.6 is 12.3 Å². The first-order chi connectivity index (χ1) is 10.7. The molecule has 0 aliphatic carbocycles. The topological polar surface area (TPSA) is 121 Å². The molecule has 16 heteroatoms. The normalized spacial score (nSPS) is 16.2. The van der Waals surface area contributed by atoms with Gasteiger partial charge in [-0.05, 0) is 0 Å². The molecule has 1 atom stereocenters. The van der Waals surface area contributed by atoms with Crippen molar-refractivity contribution in [1.29, 1.82) is 0 Å². The maximum Gasteiger partial charge on any atom is 0.455 e. The predicted molar refractivity (Wildman–Crippen MR) is 65.8 cm³/mol.